The molecule has 1 amide bonds. The number of nitrogens with two attached hydrogens (primary N) is 1. The molecule has 1 fully saturated rings. The molecule has 0 bridgehead atoms. The first-order chi connectivity index (χ1) is 8.84. The van der Waals surface area contributed by atoms with Gasteiger partial charge in [0, 0.05) is 6.54 Å². The summed E-state index contributed by atoms with van der Waals surface area (Å²) in [4.78, 5) is 23.1. The smallest absolute Gasteiger partial charge is 0.337 e. The number of nitrogens with one attached hydrogen (secondary N) is 1. The number of rotatable bonds is 5. The van der Waals surface area contributed by atoms with E-state index >= 15 is 0 Å². The molecule has 6 nitrogen and oxygen atoms in total. The third kappa shape index (κ3) is 3.91. The summed E-state index contributed by atoms with van der Waals surface area (Å²) in [5.74, 6) is -1.59. The summed E-state index contributed by atoms with van der Waals surface area (Å²) in [5.41, 5.74) is 3.21. The average molecular weight is 272 g/mol. The van der Waals surface area contributed by atoms with Crippen molar-refractivity contribution >= 4 is 11.9 Å². The number of hydrogen-bond donors (Lipinski definition) is 4. The SMILES string of the molecule is CC(O)(CNC(=O)C1(CN)CCCCCC1)C(=O)O. The van der Waals surface area contributed by atoms with Crippen molar-refractivity contribution in [3.63, 3.8) is 0 Å². The molecule has 1 aliphatic carbocycles. The summed E-state index contributed by atoms with van der Waals surface area (Å²) in [5, 5.41) is 21.0. The van der Waals surface area contributed by atoms with Gasteiger partial charge < -0.3 is 21.3 Å². The Kier molecular flexibility index (Phi) is 5.31. The van der Waals surface area contributed by atoms with Gasteiger partial charge in [0.15, 0.2) is 5.60 Å². The molecular formula is C13H24N2O4. The quantitative estimate of drug-likeness (QED) is 0.535. The molecule has 1 aliphatic rings. The Labute approximate surface area is 113 Å². The zero-order valence-corrected chi connectivity index (χ0v) is 11.4. The minimum absolute atomic E-state index is 0.238. The summed E-state index contributed by atoms with van der Waals surface area (Å²) < 4.78 is 0. The molecular weight excluding hydrogens is 248 g/mol. The topological polar surface area (TPSA) is 113 Å². The predicted octanol–water partition coefficient (Wildman–Crippen LogP) is 0.237. The maximum absolute atomic E-state index is 12.3. The van der Waals surface area contributed by atoms with E-state index in [-0.39, 0.29) is 19.0 Å². The lowest BCUT2D eigenvalue weighted by Crippen LogP contribution is -2.52. The van der Waals surface area contributed by atoms with Crippen LogP contribution < -0.4 is 11.1 Å². The molecule has 6 heteroatoms. The van der Waals surface area contributed by atoms with E-state index in [4.69, 9.17) is 10.8 Å². The number of carbonyl (C=O) groups excluding carboxylic acids is 1. The molecule has 1 atom stereocenters. The third-order valence-corrected chi connectivity index (χ3v) is 3.99. The monoisotopic (exact) mass is 272 g/mol. The van der Waals surface area contributed by atoms with Crippen LogP contribution in [0.4, 0.5) is 0 Å². The first kappa shape index (κ1) is 15.9. The normalized spacial score (nSPS) is 22.1. The maximum Gasteiger partial charge on any atom is 0.337 e. The fraction of sp³-hybridized carbons (Fsp3) is 0.846. The van der Waals surface area contributed by atoms with Crippen LogP contribution in [-0.4, -0.2) is 40.8 Å². The van der Waals surface area contributed by atoms with Crippen LogP contribution in [0, 0.1) is 5.41 Å². The zero-order valence-electron chi connectivity index (χ0n) is 11.4. The van der Waals surface area contributed by atoms with Crippen molar-refractivity contribution in [3.05, 3.63) is 0 Å². The van der Waals surface area contributed by atoms with Crippen molar-refractivity contribution in [1.82, 2.24) is 5.32 Å². The molecule has 0 aromatic heterocycles. The molecule has 1 saturated carbocycles. The number of amides is 1. The Hall–Kier alpha value is -1.14. The highest BCUT2D eigenvalue weighted by Gasteiger charge is 2.39. The molecule has 1 rings (SSSR count). The van der Waals surface area contributed by atoms with Crippen LogP contribution in [0.1, 0.15) is 45.4 Å². The van der Waals surface area contributed by atoms with Gasteiger partial charge in [0.05, 0.1) is 12.0 Å². The van der Waals surface area contributed by atoms with E-state index in [2.05, 4.69) is 5.32 Å². The van der Waals surface area contributed by atoms with Gasteiger partial charge in [-0.25, -0.2) is 4.79 Å². The number of carboxylic acids is 1. The Morgan fingerprint density at radius 2 is 1.79 bits per heavy atom. The van der Waals surface area contributed by atoms with E-state index < -0.39 is 17.0 Å². The van der Waals surface area contributed by atoms with Crippen molar-refractivity contribution in [2.24, 2.45) is 11.1 Å². The van der Waals surface area contributed by atoms with Gasteiger partial charge in [0.1, 0.15) is 0 Å². The van der Waals surface area contributed by atoms with Crippen LogP contribution in [0.3, 0.4) is 0 Å². The van der Waals surface area contributed by atoms with E-state index in [9.17, 15) is 14.7 Å². The van der Waals surface area contributed by atoms with Crippen LogP contribution in [0.5, 0.6) is 0 Å². The Morgan fingerprint density at radius 1 is 1.26 bits per heavy atom. The minimum Gasteiger partial charge on any atom is -0.479 e. The second kappa shape index (κ2) is 6.34. The van der Waals surface area contributed by atoms with Crippen molar-refractivity contribution in [1.29, 1.82) is 0 Å². The molecule has 1 unspecified atom stereocenters. The van der Waals surface area contributed by atoms with Gasteiger partial charge in [-0.05, 0) is 19.8 Å². The van der Waals surface area contributed by atoms with E-state index in [0.29, 0.717) is 0 Å². The molecule has 0 saturated heterocycles. The lowest BCUT2D eigenvalue weighted by Gasteiger charge is -2.31. The third-order valence-electron chi connectivity index (χ3n) is 3.99. The molecule has 0 spiro atoms. The van der Waals surface area contributed by atoms with Gasteiger partial charge in [-0.3, -0.25) is 4.79 Å². The highest BCUT2D eigenvalue weighted by molar-refractivity contribution is 5.84. The second-order valence-corrected chi connectivity index (χ2v) is 5.66. The Bertz CT molecular complexity index is 334. The summed E-state index contributed by atoms with van der Waals surface area (Å²) in [6.07, 6.45) is 5.57. The molecule has 0 aromatic rings. The summed E-state index contributed by atoms with van der Waals surface area (Å²) in [6, 6.07) is 0. The molecule has 5 N–H and O–H groups in total. The van der Waals surface area contributed by atoms with E-state index in [1.165, 1.54) is 0 Å². The first-order valence-electron chi connectivity index (χ1n) is 6.78. The highest BCUT2D eigenvalue weighted by Crippen LogP contribution is 2.34. The first-order valence-corrected chi connectivity index (χ1v) is 6.78. The van der Waals surface area contributed by atoms with Crippen LogP contribution >= 0.6 is 0 Å². The maximum atomic E-state index is 12.3. The van der Waals surface area contributed by atoms with Gasteiger partial charge >= 0.3 is 5.97 Å². The van der Waals surface area contributed by atoms with Gasteiger partial charge in [-0.1, -0.05) is 25.7 Å². The average Bonchev–Trinajstić information content (AvgIpc) is 2.62. The van der Waals surface area contributed by atoms with Crippen LogP contribution in [0.2, 0.25) is 0 Å². The Morgan fingerprint density at radius 3 is 2.21 bits per heavy atom. The molecule has 19 heavy (non-hydrogen) atoms. The number of aliphatic carboxylic acids is 1. The number of carbonyl (C=O) groups is 2. The number of hydrogen-bond acceptors (Lipinski definition) is 4. The molecule has 0 heterocycles. The fourth-order valence-corrected chi connectivity index (χ4v) is 2.44. The van der Waals surface area contributed by atoms with E-state index in [1.54, 1.807) is 0 Å². The minimum atomic E-state index is -1.95. The summed E-state index contributed by atoms with van der Waals surface area (Å²) >= 11 is 0. The van der Waals surface area contributed by atoms with Gasteiger partial charge in [0.25, 0.3) is 0 Å². The zero-order chi connectivity index (χ0) is 14.5. The van der Waals surface area contributed by atoms with Crippen LogP contribution in [-0.2, 0) is 9.59 Å². The summed E-state index contributed by atoms with van der Waals surface area (Å²) in [7, 11) is 0. The second-order valence-electron chi connectivity index (χ2n) is 5.66. The molecule has 0 radical (unpaired) electrons. The number of carboxylic acid groups (broad SMARTS) is 1. The van der Waals surface area contributed by atoms with Crippen molar-refractivity contribution < 1.29 is 19.8 Å². The van der Waals surface area contributed by atoms with Crippen molar-refractivity contribution in [3.8, 4) is 0 Å². The lowest BCUT2D eigenvalue weighted by molar-refractivity contribution is -0.156. The summed E-state index contributed by atoms with van der Waals surface area (Å²) in [6.45, 7) is 1.12. The van der Waals surface area contributed by atoms with Crippen LogP contribution in [0.25, 0.3) is 0 Å². The molecule has 0 aromatic carbocycles. The highest BCUT2D eigenvalue weighted by atomic mass is 16.4. The largest absolute Gasteiger partial charge is 0.479 e. The standard InChI is InChI=1S/C13H24N2O4/c1-12(19,11(17)18)9-15-10(16)13(8-14)6-4-2-3-5-7-13/h19H,2-9,14H2,1H3,(H,15,16)(H,17,18). The molecule has 110 valence electrons. The number of aliphatic hydroxyl groups is 1. The lowest BCUT2D eigenvalue weighted by atomic mass is 9.79. The van der Waals surface area contributed by atoms with Crippen molar-refractivity contribution in [2.75, 3.05) is 13.1 Å². The van der Waals surface area contributed by atoms with E-state index in [0.717, 1.165) is 45.4 Å². The predicted molar refractivity (Wildman–Crippen MR) is 70.5 cm³/mol. The van der Waals surface area contributed by atoms with Crippen molar-refractivity contribution in [2.45, 2.75) is 51.0 Å². The Balaban J connectivity index is 2.66. The molecule has 0 aliphatic heterocycles. The van der Waals surface area contributed by atoms with Crippen LogP contribution in [0.15, 0.2) is 0 Å². The van der Waals surface area contributed by atoms with Gasteiger partial charge in [-0.2, -0.15) is 0 Å². The van der Waals surface area contributed by atoms with Gasteiger partial charge in [0.2, 0.25) is 5.91 Å². The fourth-order valence-electron chi connectivity index (χ4n) is 2.44. The van der Waals surface area contributed by atoms with E-state index in [1.807, 2.05) is 0 Å². The van der Waals surface area contributed by atoms with Gasteiger partial charge in [-0.15, -0.1) is 0 Å².